The van der Waals surface area contributed by atoms with Gasteiger partial charge in [-0.2, -0.15) is 10.5 Å². The number of rotatable bonds is 3. The van der Waals surface area contributed by atoms with Gasteiger partial charge >= 0.3 is 0 Å². The molecule has 2 aromatic rings. The fraction of sp³-hybridized carbons (Fsp3) is 0.364. The van der Waals surface area contributed by atoms with E-state index in [2.05, 4.69) is 26.2 Å². The van der Waals surface area contributed by atoms with Crippen LogP contribution in [0.4, 0.5) is 22.7 Å². The van der Waals surface area contributed by atoms with Gasteiger partial charge in [-0.05, 0) is 63.7 Å². The van der Waals surface area contributed by atoms with Crippen molar-refractivity contribution < 1.29 is 4.92 Å². The summed E-state index contributed by atoms with van der Waals surface area (Å²) in [5.41, 5.74) is 19.8. The maximum atomic E-state index is 10.8. The van der Waals surface area contributed by atoms with Crippen LogP contribution in [0, 0.1) is 31.4 Å². The van der Waals surface area contributed by atoms with Gasteiger partial charge in [-0.25, -0.2) is 0 Å². The Bertz CT molecular complexity index is 1090. The van der Waals surface area contributed by atoms with Crippen LogP contribution in [-0.4, -0.2) is 4.92 Å². The van der Waals surface area contributed by atoms with Gasteiger partial charge < -0.3 is 17.2 Å². The Balaban J connectivity index is 0.000000323. The fourth-order valence-electron chi connectivity index (χ4n) is 2.80. The van der Waals surface area contributed by atoms with Crippen LogP contribution in [0.5, 0.6) is 0 Å². The molecule has 0 spiro atoms. The van der Waals surface area contributed by atoms with Crippen molar-refractivity contribution in [1.82, 2.24) is 0 Å². The minimum absolute atomic E-state index is 0.0407. The van der Waals surface area contributed by atoms with Gasteiger partial charge in [-0.1, -0.05) is 41.5 Å². The average molecular weight is 473 g/mol. The van der Waals surface area contributed by atoms with Crippen molar-refractivity contribution in [3.63, 3.8) is 0 Å². The number of nitro groups is 1. The van der Waals surface area contributed by atoms with E-state index in [4.69, 9.17) is 27.7 Å². The zero-order chi connectivity index (χ0) is 24.9. The smallest absolute Gasteiger partial charge is 0.293 e. The van der Waals surface area contributed by atoms with Gasteiger partial charge in [0.1, 0.15) is 16.5 Å². The Labute approximate surface area is 197 Å². The quantitative estimate of drug-likeness (QED) is 0.165. The summed E-state index contributed by atoms with van der Waals surface area (Å²) in [6.45, 7) is 12.2. The molecule has 32 heavy (non-hydrogen) atoms. The second-order valence-electron chi connectivity index (χ2n) is 9.03. The van der Waals surface area contributed by atoms with Gasteiger partial charge in [0.25, 0.3) is 5.69 Å². The van der Waals surface area contributed by atoms with E-state index in [-0.39, 0.29) is 22.2 Å². The highest BCUT2D eigenvalue weighted by atomic mass is 32.2. The summed E-state index contributed by atoms with van der Waals surface area (Å²) in [6.07, 6.45) is 0. The summed E-state index contributed by atoms with van der Waals surface area (Å²) < 4.78 is 0. The molecule has 0 saturated heterocycles. The second kappa shape index (κ2) is 10.5. The number of thioether (sulfide) groups is 2. The van der Waals surface area contributed by atoms with Gasteiger partial charge in [0.05, 0.1) is 16.3 Å². The number of nitrogens with zero attached hydrogens (tertiary/aromatic N) is 3. The third kappa shape index (κ3) is 6.98. The lowest BCUT2D eigenvalue weighted by Crippen LogP contribution is -2.13. The number of anilines is 3. The first-order valence-electron chi connectivity index (χ1n) is 9.53. The first-order chi connectivity index (χ1) is 14.6. The molecular weight excluding hydrogens is 444 g/mol. The molecule has 0 saturated carbocycles. The van der Waals surface area contributed by atoms with Gasteiger partial charge in [-0.3, -0.25) is 10.1 Å². The van der Waals surface area contributed by atoms with Crippen molar-refractivity contribution in [3.8, 4) is 10.8 Å². The van der Waals surface area contributed by atoms with Crippen molar-refractivity contribution in [2.75, 3.05) is 17.2 Å². The SMILES string of the molecule is CC(C)(C)c1cc(N)c(N)cc1SC#N.CC(C)(C)c1cc(N)c([N+](=O)[O-])cc1SC#N. The molecule has 0 aliphatic heterocycles. The fourth-order valence-corrected chi connectivity index (χ4v) is 4.30. The maximum Gasteiger partial charge on any atom is 0.293 e. The van der Waals surface area contributed by atoms with Gasteiger partial charge in [0, 0.05) is 15.9 Å². The lowest BCUT2D eigenvalue weighted by Gasteiger charge is -2.22. The Morgan fingerprint density at radius 3 is 1.53 bits per heavy atom. The van der Waals surface area contributed by atoms with E-state index in [9.17, 15) is 10.1 Å². The Morgan fingerprint density at radius 1 is 0.781 bits per heavy atom. The van der Waals surface area contributed by atoms with E-state index < -0.39 is 4.92 Å². The van der Waals surface area contributed by atoms with Crippen molar-refractivity contribution >= 4 is 46.3 Å². The first kappa shape index (κ1) is 27.0. The standard InChI is InChI=1S/C11H13N3O2S.C11H15N3S/c1-11(2,3)7-4-8(13)9(14(15)16)5-10(7)17-6-12;1-11(2,3)7-4-8(13)9(14)5-10(7)15-6-12/h4-5H,13H2,1-3H3;4-5H,13-14H2,1-3H3. The molecule has 0 fully saturated rings. The predicted octanol–water partition coefficient (Wildman–Crippen LogP) is 5.77. The lowest BCUT2D eigenvalue weighted by molar-refractivity contribution is -0.384. The zero-order valence-corrected chi connectivity index (χ0v) is 20.6. The minimum Gasteiger partial charge on any atom is -0.397 e. The Hall–Kier alpha value is -3.08. The molecule has 2 aromatic carbocycles. The largest absolute Gasteiger partial charge is 0.397 e. The minimum atomic E-state index is -0.538. The van der Waals surface area contributed by atoms with E-state index in [1.165, 1.54) is 6.07 Å². The van der Waals surface area contributed by atoms with E-state index in [0.717, 1.165) is 39.5 Å². The van der Waals surface area contributed by atoms with E-state index in [1.807, 2.05) is 32.2 Å². The van der Waals surface area contributed by atoms with Crippen molar-refractivity contribution in [2.45, 2.75) is 62.2 Å². The molecule has 8 nitrogen and oxygen atoms in total. The monoisotopic (exact) mass is 472 g/mol. The highest BCUT2D eigenvalue weighted by Crippen LogP contribution is 2.38. The lowest BCUT2D eigenvalue weighted by atomic mass is 9.86. The number of benzene rings is 2. The molecule has 0 heterocycles. The van der Waals surface area contributed by atoms with Crippen LogP contribution >= 0.6 is 23.5 Å². The highest BCUT2D eigenvalue weighted by molar-refractivity contribution is 8.04. The van der Waals surface area contributed by atoms with Crippen LogP contribution in [0.15, 0.2) is 34.1 Å². The molecule has 0 unspecified atom stereocenters. The van der Waals surface area contributed by atoms with Crippen molar-refractivity contribution in [2.24, 2.45) is 0 Å². The maximum absolute atomic E-state index is 10.8. The highest BCUT2D eigenvalue weighted by Gasteiger charge is 2.24. The summed E-state index contributed by atoms with van der Waals surface area (Å²) in [5.74, 6) is 0. The van der Waals surface area contributed by atoms with Crippen LogP contribution in [0.25, 0.3) is 0 Å². The first-order valence-corrected chi connectivity index (χ1v) is 11.2. The predicted molar refractivity (Wildman–Crippen MR) is 133 cm³/mol. The molecule has 0 bridgehead atoms. The summed E-state index contributed by atoms with van der Waals surface area (Å²) in [5, 5.41) is 32.2. The summed E-state index contributed by atoms with van der Waals surface area (Å²) >= 11 is 2.04. The molecule has 0 aliphatic rings. The molecule has 0 aliphatic carbocycles. The van der Waals surface area contributed by atoms with Crippen molar-refractivity contribution in [3.05, 3.63) is 45.5 Å². The number of nitro benzene ring substituents is 1. The molecule has 0 amide bonds. The Kier molecular flexibility index (Phi) is 8.84. The molecule has 0 atom stereocenters. The molecule has 170 valence electrons. The number of hydrogen-bond acceptors (Lipinski definition) is 9. The molecule has 0 aromatic heterocycles. The number of nitrogens with two attached hydrogens (primary N) is 3. The average Bonchev–Trinajstić information content (AvgIpc) is 2.64. The summed E-state index contributed by atoms with van der Waals surface area (Å²) in [7, 11) is 0. The van der Waals surface area contributed by atoms with Gasteiger partial charge in [0.2, 0.25) is 0 Å². The molecule has 2 rings (SSSR count). The molecule has 10 heteroatoms. The Morgan fingerprint density at radius 2 is 1.16 bits per heavy atom. The normalized spacial score (nSPS) is 11.0. The van der Waals surface area contributed by atoms with Gasteiger partial charge in [0.15, 0.2) is 0 Å². The number of hydrogen-bond donors (Lipinski definition) is 3. The van der Waals surface area contributed by atoms with Crippen LogP contribution in [-0.2, 0) is 10.8 Å². The third-order valence-corrected chi connectivity index (χ3v) is 5.74. The topological polar surface area (TPSA) is 169 Å². The van der Waals surface area contributed by atoms with E-state index >= 15 is 0 Å². The van der Waals surface area contributed by atoms with Crippen LogP contribution in [0.1, 0.15) is 52.7 Å². The van der Waals surface area contributed by atoms with E-state index in [0.29, 0.717) is 16.3 Å². The molecule has 0 radical (unpaired) electrons. The van der Waals surface area contributed by atoms with E-state index in [1.54, 1.807) is 12.1 Å². The molecule has 6 N–H and O–H groups in total. The summed E-state index contributed by atoms with van der Waals surface area (Å²) in [4.78, 5) is 11.7. The number of thiocyanates is 2. The summed E-state index contributed by atoms with van der Waals surface area (Å²) in [6, 6.07) is 6.57. The van der Waals surface area contributed by atoms with Crippen LogP contribution in [0.2, 0.25) is 0 Å². The van der Waals surface area contributed by atoms with Crippen LogP contribution < -0.4 is 17.2 Å². The third-order valence-electron chi connectivity index (χ3n) is 4.44. The second-order valence-corrected chi connectivity index (χ2v) is 10.7. The van der Waals surface area contributed by atoms with Crippen LogP contribution in [0.3, 0.4) is 0 Å². The van der Waals surface area contributed by atoms with Gasteiger partial charge in [-0.15, -0.1) is 0 Å². The number of nitrogen functional groups attached to an aromatic ring is 3. The number of nitriles is 2. The van der Waals surface area contributed by atoms with Crippen molar-refractivity contribution in [1.29, 1.82) is 10.5 Å². The zero-order valence-electron chi connectivity index (χ0n) is 19.0. The molecular formula is C22H28N6O2S2.